The number of anilines is 1. The second kappa shape index (κ2) is 12.5. The van der Waals surface area contributed by atoms with Gasteiger partial charge in [-0.3, -0.25) is 14.2 Å². The molecule has 0 aliphatic rings. The zero-order chi connectivity index (χ0) is 33.3. The van der Waals surface area contributed by atoms with Gasteiger partial charge < -0.3 is 14.6 Å². The zero-order valence-corrected chi connectivity index (χ0v) is 25.1. The highest BCUT2D eigenvalue weighted by Crippen LogP contribution is 2.36. The van der Waals surface area contributed by atoms with E-state index >= 15 is 0 Å². The van der Waals surface area contributed by atoms with E-state index in [1.165, 1.54) is 42.1 Å². The Bertz CT molecular complexity index is 2110. The number of aromatic amines is 1. The van der Waals surface area contributed by atoms with Gasteiger partial charge in [-0.15, -0.1) is 15.3 Å². The number of alkyl halides is 3. The highest BCUT2D eigenvalue weighted by atomic mass is 35.5. The van der Waals surface area contributed by atoms with E-state index in [2.05, 4.69) is 41.4 Å². The van der Waals surface area contributed by atoms with Crippen LogP contribution < -0.4 is 15.6 Å². The van der Waals surface area contributed by atoms with Gasteiger partial charge in [0.05, 0.1) is 30.9 Å². The molecule has 0 bridgehead atoms. The molecule has 0 fully saturated rings. The topological polar surface area (TPSA) is 172 Å². The fourth-order valence-corrected chi connectivity index (χ4v) is 4.99. The average molecular weight is 667 g/mol. The summed E-state index contributed by atoms with van der Waals surface area (Å²) < 4.78 is 52.7. The second-order valence-corrected chi connectivity index (χ2v) is 10.6. The number of nitrogens with zero attached hydrogens (tertiary/aromatic N) is 8. The minimum Gasteiger partial charge on any atom is -0.495 e. The quantitative estimate of drug-likeness (QED) is 0.221. The highest BCUT2D eigenvalue weighted by molar-refractivity contribution is 6.31. The Morgan fingerprint density at radius 2 is 1.87 bits per heavy atom. The third-order valence-corrected chi connectivity index (χ3v) is 7.25. The van der Waals surface area contributed by atoms with Crippen LogP contribution in [0.25, 0.3) is 28.2 Å². The number of amides is 1. The number of rotatable bonds is 9. The van der Waals surface area contributed by atoms with Gasteiger partial charge in [0.25, 0.3) is 5.56 Å². The molecule has 6 aromatic rings. The molecule has 2 aromatic carbocycles. The number of H-pyrrole nitrogens is 1. The maximum atomic E-state index is 13.8. The van der Waals surface area contributed by atoms with Crippen LogP contribution in [0.1, 0.15) is 23.2 Å². The molecule has 47 heavy (non-hydrogen) atoms. The Morgan fingerprint density at radius 3 is 2.51 bits per heavy atom. The summed E-state index contributed by atoms with van der Waals surface area (Å²) in [6.07, 6.45) is -2.71. The monoisotopic (exact) mass is 666 g/mol. The first-order valence-electron chi connectivity index (χ1n) is 13.7. The van der Waals surface area contributed by atoms with Gasteiger partial charge >= 0.3 is 6.18 Å². The van der Waals surface area contributed by atoms with Crippen molar-refractivity contribution in [3.05, 3.63) is 99.5 Å². The van der Waals surface area contributed by atoms with Crippen LogP contribution >= 0.6 is 11.6 Å². The number of aryl methyl sites for hydroxylation is 1. The standard InChI is InChI=1S/C29H22ClF3N10O4/c1-15-9-19(38-47-15)11-23(28(45)34-18-6-3-16(4-7-18)27-36-39-40-37-27)42-13-24(46-2)21(12-26(42)44)20-10-17(30)5-8-22(20)43-14-25(35-41-43)29(31,32)33/h3-10,12-14,23H,11H2,1-2H3,(H,34,45)(H,36,37,39,40). The van der Waals surface area contributed by atoms with Crippen LogP contribution in [0.3, 0.4) is 0 Å². The first kappa shape index (κ1) is 31.2. The third-order valence-electron chi connectivity index (χ3n) is 7.02. The summed E-state index contributed by atoms with van der Waals surface area (Å²) in [4.78, 5) is 27.5. The molecule has 6 rings (SSSR count). The predicted octanol–water partition coefficient (Wildman–Crippen LogP) is 4.68. The Labute approximate surface area is 267 Å². The smallest absolute Gasteiger partial charge is 0.436 e. The van der Waals surface area contributed by atoms with Crippen molar-refractivity contribution in [1.29, 1.82) is 0 Å². The maximum absolute atomic E-state index is 13.8. The molecule has 1 atom stereocenters. The molecule has 4 heterocycles. The van der Waals surface area contributed by atoms with E-state index in [1.54, 1.807) is 37.3 Å². The van der Waals surface area contributed by atoms with Gasteiger partial charge in [-0.05, 0) is 54.6 Å². The summed E-state index contributed by atoms with van der Waals surface area (Å²) >= 11 is 6.27. The van der Waals surface area contributed by atoms with Gasteiger partial charge in [0.15, 0.2) is 5.69 Å². The van der Waals surface area contributed by atoms with Gasteiger partial charge in [0.2, 0.25) is 11.7 Å². The number of methoxy groups -OCH3 is 1. The second-order valence-electron chi connectivity index (χ2n) is 10.2. The number of aromatic nitrogens is 9. The molecule has 1 unspecified atom stereocenters. The zero-order valence-electron chi connectivity index (χ0n) is 24.4. The normalized spacial score (nSPS) is 12.2. The molecule has 0 saturated heterocycles. The summed E-state index contributed by atoms with van der Waals surface area (Å²) in [5, 5.41) is 27.6. The van der Waals surface area contributed by atoms with E-state index in [-0.39, 0.29) is 34.0 Å². The lowest BCUT2D eigenvalue weighted by Crippen LogP contribution is -2.34. The van der Waals surface area contributed by atoms with Gasteiger partial charge in [-0.2, -0.15) is 18.4 Å². The Hall–Kier alpha value is -5.84. The van der Waals surface area contributed by atoms with Crippen molar-refractivity contribution < 1.29 is 27.2 Å². The van der Waals surface area contributed by atoms with Crippen LogP contribution in [-0.4, -0.2) is 58.4 Å². The van der Waals surface area contributed by atoms with Crippen LogP contribution in [0, 0.1) is 6.92 Å². The third kappa shape index (κ3) is 6.60. The number of carbonyl (C=O) groups is 1. The molecule has 0 aliphatic carbocycles. The number of carbonyl (C=O) groups excluding carboxylic acids is 1. The van der Waals surface area contributed by atoms with Crippen molar-refractivity contribution in [3.63, 3.8) is 0 Å². The maximum Gasteiger partial charge on any atom is 0.436 e. The number of halogens is 4. The molecular weight excluding hydrogens is 645 g/mol. The van der Waals surface area contributed by atoms with E-state index in [0.717, 1.165) is 10.9 Å². The average Bonchev–Trinajstić information content (AvgIpc) is 3.83. The van der Waals surface area contributed by atoms with Crippen LogP contribution in [0.15, 0.2) is 76.3 Å². The molecule has 240 valence electrons. The lowest BCUT2D eigenvalue weighted by atomic mass is 10.0. The molecule has 14 nitrogen and oxygen atoms in total. The molecule has 1 amide bonds. The largest absolute Gasteiger partial charge is 0.495 e. The molecule has 4 aromatic heterocycles. The first-order valence-corrected chi connectivity index (χ1v) is 14.0. The summed E-state index contributed by atoms with van der Waals surface area (Å²) in [5.41, 5.74) is 0.212. The summed E-state index contributed by atoms with van der Waals surface area (Å²) in [6.45, 7) is 1.69. The van der Waals surface area contributed by atoms with Crippen molar-refractivity contribution >= 4 is 23.2 Å². The molecule has 0 spiro atoms. The van der Waals surface area contributed by atoms with Gasteiger partial charge in [-0.1, -0.05) is 22.0 Å². The number of hydrogen-bond donors (Lipinski definition) is 2. The molecule has 2 N–H and O–H groups in total. The van der Waals surface area contributed by atoms with Crippen molar-refractivity contribution in [2.75, 3.05) is 12.4 Å². The number of tetrazole rings is 1. The summed E-state index contributed by atoms with van der Waals surface area (Å²) in [5.74, 6) is 0.434. The van der Waals surface area contributed by atoms with E-state index in [1.807, 2.05) is 0 Å². The van der Waals surface area contributed by atoms with Crippen molar-refractivity contribution in [3.8, 4) is 34.0 Å². The molecule has 0 radical (unpaired) electrons. The fraction of sp³-hybridized carbons (Fsp3) is 0.172. The lowest BCUT2D eigenvalue weighted by Gasteiger charge is -2.21. The predicted molar refractivity (Wildman–Crippen MR) is 160 cm³/mol. The molecule has 0 saturated carbocycles. The van der Waals surface area contributed by atoms with Crippen LogP contribution in [0.4, 0.5) is 18.9 Å². The number of ether oxygens (including phenoxy) is 1. The van der Waals surface area contributed by atoms with Crippen molar-refractivity contribution in [2.24, 2.45) is 0 Å². The van der Waals surface area contributed by atoms with Crippen LogP contribution in [0.2, 0.25) is 5.02 Å². The minimum absolute atomic E-state index is 0.0336. The van der Waals surface area contributed by atoms with E-state index < -0.39 is 29.4 Å². The Morgan fingerprint density at radius 1 is 1.09 bits per heavy atom. The Balaban J connectivity index is 1.39. The van der Waals surface area contributed by atoms with E-state index in [0.29, 0.717) is 28.5 Å². The first-order chi connectivity index (χ1) is 22.5. The number of nitrogens with one attached hydrogen (secondary N) is 2. The Kier molecular flexibility index (Phi) is 8.29. The van der Waals surface area contributed by atoms with Gasteiger partial charge in [-0.25, -0.2) is 4.68 Å². The number of pyridine rings is 1. The molecule has 0 aliphatic heterocycles. The van der Waals surface area contributed by atoms with E-state index in [4.69, 9.17) is 20.9 Å². The SMILES string of the molecule is COc1cn(C(Cc2cc(C)on2)C(=O)Nc2ccc(-c3nn[nH]n3)cc2)c(=O)cc1-c1cc(Cl)ccc1-n1cc(C(F)(F)F)nn1. The van der Waals surface area contributed by atoms with Crippen LogP contribution in [-0.2, 0) is 17.4 Å². The molecular formula is C29H22ClF3N10O4. The fourth-order valence-electron chi connectivity index (χ4n) is 4.82. The van der Waals surface area contributed by atoms with Gasteiger partial charge in [0.1, 0.15) is 17.6 Å². The van der Waals surface area contributed by atoms with Crippen molar-refractivity contribution in [1.82, 2.24) is 45.3 Å². The number of benzene rings is 2. The minimum atomic E-state index is -4.72. The van der Waals surface area contributed by atoms with Gasteiger partial charge in [0, 0.05) is 46.0 Å². The van der Waals surface area contributed by atoms with E-state index in [9.17, 15) is 22.8 Å². The number of hydrogen-bond acceptors (Lipinski definition) is 10. The summed E-state index contributed by atoms with van der Waals surface area (Å²) in [7, 11) is 1.34. The lowest BCUT2D eigenvalue weighted by molar-refractivity contribution is -0.141. The van der Waals surface area contributed by atoms with Crippen molar-refractivity contribution in [2.45, 2.75) is 25.6 Å². The summed E-state index contributed by atoms with van der Waals surface area (Å²) in [6, 6.07) is 12.7. The highest BCUT2D eigenvalue weighted by Gasteiger charge is 2.35. The molecule has 18 heteroatoms. The van der Waals surface area contributed by atoms with Crippen LogP contribution in [0.5, 0.6) is 5.75 Å².